The van der Waals surface area contributed by atoms with Crippen LogP contribution < -0.4 is 0 Å². The first kappa shape index (κ1) is 18.9. The topological polar surface area (TPSA) is 30.7 Å². The van der Waals surface area contributed by atoms with Gasteiger partial charge < -0.3 is 0 Å². The van der Waals surface area contributed by atoms with E-state index in [0.717, 1.165) is 50.1 Å². The SMILES string of the molecule is Cc1nc2cnc3ccc(-c4ccsc4)cc3c2n1-c1ccc(CC[As])cc1Cl. The van der Waals surface area contributed by atoms with Crippen molar-refractivity contribution >= 4 is 61.7 Å². The Hall–Kier alpha value is -2.13. The van der Waals surface area contributed by atoms with Crippen LogP contribution in [0.25, 0.3) is 38.8 Å². The summed E-state index contributed by atoms with van der Waals surface area (Å²) >= 11 is 11.0. The van der Waals surface area contributed by atoms with E-state index < -0.39 is 0 Å². The number of thiophene rings is 1. The summed E-state index contributed by atoms with van der Waals surface area (Å²) in [5.41, 5.74) is 7.48. The van der Waals surface area contributed by atoms with Crippen LogP contribution in [-0.4, -0.2) is 31.4 Å². The quantitative estimate of drug-likeness (QED) is 0.281. The summed E-state index contributed by atoms with van der Waals surface area (Å²) in [6, 6.07) is 14.9. The number of benzene rings is 2. The summed E-state index contributed by atoms with van der Waals surface area (Å²) in [7, 11) is 0. The van der Waals surface area contributed by atoms with Gasteiger partial charge in [0.05, 0.1) is 0 Å². The van der Waals surface area contributed by atoms with Gasteiger partial charge in [-0.2, -0.15) is 11.3 Å². The number of imidazole rings is 1. The van der Waals surface area contributed by atoms with Crippen LogP contribution in [0.3, 0.4) is 0 Å². The molecule has 2 aromatic carbocycles. The average Bonchev–Trinajstić information content (AvgIpc) is 3.36. The Morgan fingerprint density at radius 2 is 1.97 bits per heavy atom. The molecule has 5 aromatic rings. The number of hydrogen-bond donors (Lipinski definition) is 0. The van der Waals surface area contributed by atoms with Crippen LogP contribution >= 0.6 is 22.9 Å². The van der Waals surface area contributed by atoms with E-state index in [-0.39, 0.29) is 0 Å². The van der Waals surface area contributed by atoms with Crippen LogP contribution in [-0.2, 0) is 6.42 Å². The normalized spacial score (nSPS) is 11.6. The van der Waals surface area contributed by atoms with Crippen molar-refractivity contribution in [1.82, 2.24) is 14.5 Å². The molecule has 5 rings (SSSR count). The van der Waals surface area contributed by atoms with E-state index in [9.17, 15) is 0 Å². The van der Waals surface area contributed by atoms with Crippen molar-refractivity contribution in [2.75, 3.05) is 0 Å². The second-order valence-corrected chi connectivity index (χ2v) is 9.12. The molecule has 0 N–H and O–H groups in total. The van der Waals surface area contributed by atoms with Crippen LogP contribution in [0.4, 0.5) is 0 Å². The molecule has 0 aliphatic rings. The second kappa shape index (κ2) is 7.60. The van der Waals surface area contributed by atoms with E-state index in [0.29, 0.717) is 0 Å². The van der Waals surface area contributed by atoms with E-state index in [2.05, 4.69) is 79.6 Å². The molecule has 0 aliphatic carbocycles. The zero-order chi connectivity index (χ0) is 20.0. The van der Waals surface area contributed by atoms with E-state index in [4.69, 9.17) is 16.6 Å². The predicted molar refractivity (Wildman–Crippen MR) is 124 cm³/mol. The molecule has 142 valence electrons. The standard InChI is InChI=1S/C23H17AsClN3S/c1-14-27-21-12-26-20-4-3-16(17-7-9-29-13-17)11-18(20)23(21)28(14)22-5-2-15(6-8-24)10-19(22)25/h2-5,7,9-13H,6,8H2,1H3. The summed E-state index contributed by atoms with van der Waals surface area (Å²) < 4.78 is 2.16. The number of pyridine rings is 1. The molecular formula is C23H17AsClN3S. The molecule has 0 bridgehead atoms. The fraction of sp³-hybridized carbons (Fsp3) is 0.130. The van der Waals surface area contributed by atoms with Gasteiger partial charge in [-0.1, -0.05) is 0 Å². The van der Waals surface area contributed by atoms with Gasteiger partial charge in [0.15, 0.2) is 0 Å². The molecule has 2 radical (unpaired) electrons. The molecule has 3 heterocycles. The third kappa shape index (κ3) is 3.30. The van der Waals surface area contributed by atoms with Gasteiger partial charge in [-0.3, -0.25) is 0 Å². The Balaban J connectivity index is 1.79. The molecule has 0 spiro atoms. The maximum atomic E-state index is 6.72. The Morgan fingerprint density at radius 3 is 2.72 bits per heavy atom. The fourth-order valence-corrected chi connectivity index (χ4v) is 5.28. The third-order valence-electron chi connectivity index (χ3n) is 5.16. The number of aromatic nitrogens is 3. The Bertz CT molecular complexity index is 1340. The third-order valence-corrected chi connectivity index (χ3v) is 6.61. The van der Waals surface area contributed by atoms with Crippen molar-refractivity contribution in [3.05, 3.63) is 75.8 Å². The van der Waals surface area contributed by atoms with Gasteiger partial charge in [-0.15, -0.1) is 0 Å². The molecule has 3 aromatic heterocycles. The maximum absolute atomic E-state index is 6.72. The van der Waals surface area contributed by atoms with Gasteiger partial charge in [0.25, 0.3) is 0 Å². The van der Waals surface area contributed by atoms with E-state index in [1.54, 1.807) is 11.3 Å². The van der Waals surface area contributed by atoms with Crippen molar-refractivity contribution < 1.29 is 0 Å². The molecular weight excluding hydrogens is 461 g/mol. The first-order valence-electron chi connectivity index (χ1n) is 9.36. The van der Waals surface area contributed by atoms with Crippen molar-refractivity contribution in [3.8, 4) is 16.8 Å². The first-order valence-corrected chi connectivity index (χ1v) is 12.0. The van der Waals surface area contributed by atoms with Gasteiger partial charge in [0.2, 0.25) is 0 Å². The Morgan fingerprint density at radius 1 is 1.07 bits per heavy atom. The van der Waals surface area contributed by atoms with Crippen LogP contribution in [0, 0.1) is 6.92 Å². The van der Waals surface area contributed by atoms with Crippen molar-refractivity contribution in [2.45, 2.75) is 18.6 Å². The predicted octanol–water partition coefficient (Wildman–Crippen LogP) is 6.39. The summed E-state index contributed by atoms with van der Waals surface area (Å²) in [6.45, 7) is 2.02. The number of nitrogens with zero attached hydrogens (tertiary/aromatic N) is 3. The van der Waals surface area contributed by atoms with Crippen molar-refractivity contribution in [1.29, 1.82) is 0 Å². The number of fused-ring (bicyclic) bond motifs is 3. The zero-order valence-corrected chi connectivity index (χ0v) is 19.2. The fourth-order valence-electron chi connectivity index (χ4n) is 3.79. The molecule has 0 aliphatic heterocycles. The second-order valence-electron chi connectivity index (χ2n) is 6.99. The molecule has 29 heavy (non-hydrogen) atoms. The van der Waals surface area contributed by atoms with Crippen LogP contribution in [0.1, 0.15) is 11.4 Å². The van der Waals surface area contributed by atoms with Gasteiger partial charge >= 0.3 is 159 Å². The van der Waals surface area contributed by atoms with Gasteiger partial charge in [-0.05, 0) is 16.8 Å². The van der Waals surface area contributed by atoms with E-state index >= 15 is 0 Å². The molecule has 0 amide bonds. The summed E-state index contributed by atoms with van der Waals surface area (Å²) in [5.74, 6) is 0.900. The van der Waals surface area contributed by atoms with E-state index in [1.165, 1.54) is 16.7 Å². The van der Waals surface area contributed by atoms with Crippen LogP contribution in [0.2, 0.25) is 10.2 Å². The summed E-state index contributed by atoms with van der Waals surface area (Å²) in [6.07, 6.45) is 2.85. The van der Waals surface area contributed by atoms with Gasteiger partial charge in [-0.25, -0.2) is 0 Å². The van der Waals surface area contributed by atoms with Gasteiger partial charge in [0, 0.05) is 0 Å². The number of halogens is 1. The number of hydrogen-bond acceptors (Lipinski definition) is 3. The van der Waals surface area contributed by atoms with Crippen LogP contribution in [0.15, 0.2) is 59.4 Å². The van der Waals surface area contributed by atoms with Gasteiger partial charge in [0.1, 0.15) is 0 Å². The molecule has 0 unspecified atom stereocenters. The minimum atomic E-state index is 0.741. The van der Waals surface area contributed by atoms with Crippen molar-refractivity contribution in [2.24, 2.45) is 0 Å². The molecule has 0 saturated heterocycles. The molecule has 0 saturated carbocycles. The number of aryl methyl sites for hydroxylation is 2. The van der Waals surface area contributed by atoms with Crippen LogP contribution in [0.5, 0.6) is 0 Å². The van der Waals surface area contributed by atoms with E-state index in [1.807, 2.05) is 13.1 Å². The molecule has 0 fully saturated rings. The van der Waals surface area contributed by atoms with Crippen molar-refractivity contribution in [3.63, 3.8) is 0 Å². The first-order chi connectivity index (χ1) is 14.2. The molecule has 6 heteroatoms. The monoisotopic (exact) mass is 477 g/mol. The summed E-state index contributed by atoms with van der Waals surface area (Å²) in [4.78, 5) is 9.41. The minimum absolute atomic E-state index is 0.741. The molecule has 0 atom stereocenters. The average molecular weight is 478 g/mol. The Kier molecular flexibility index (Phi) is 4.95. The zero-order valence-electron chi connectivity index (χ0n) is 15.8. The Labute approximate surface area is 186 Å². The number of rotatable bonds is 4. The summed E-state index contributed by atoms with van der Waals surface area (Å²) in [5, 5.41) is 7.13. The molecule has 3 nitrogen and oxygen atoms in total.